The molecule has 1 aromatic heterocycles. The molecule has 0 radical (unpaired) electrons. The average molecular weight is 214 g/mol. The van der Waals surface area contributed by atoms with Crippen molar-refractivity contribution in [3.05, 3.63) is 35.6 Å². The molecule has 2 aromatic rings. The normalized spacial score (nSPS) is 12.3. The summed E-state index contributed by atoms with van der Waals surface area (Å²) in [5.74, 6) is 0.698. The summed E-state index contributed by atoms with van der Waals surface area (Å²) >= 11 is 0. The summed E-state index contributed by atoms with van der Waals surface area (Å²) in [6.07, 6.45) is -3.64. The first kappa shape index (κ1) is 10.1. The molecule has 0 spiro atoms. The first-order chi connectivity index (χ1) is 7.00. The zero-order valence-electron chi connectivity index (χ0n) is 8.06. The molecule has 0 aliphatic heterocycles. The van der Waals surface area contributed by atoms with Gasteiger partial charge in [0, 0.05) is 11.8 Å². The molecule has 0 saturated heterocycles. The number of fused-ring (bicyclic) bond motifs is 1. The number of halogens is 3. The molecular formula is C11H9F3O. The Hall–Kier alpha value is -1.45. The Kier molecular flexibility index (Phi) is 2.21. The van der Waals surface area contributed by atoms with E-state index in [9.17, 15) is 13.2 Å². The first-order valence-electron chi connectivity index (χ1n) is 4.60. The lowest BCUT2D eigenvalue weighted by Crippen LogP contribution is -2.03. The van der Waals surface area contributed by atoms with Gasteiger partial charge in [-0.1, -0.05) is 13.0 Å². The second-order valence-corrected chi connectivity index (χ2v) is 3.32. The van der Waals surface area contributed by atoms with Crippen LogP contribution in [0.1, 0.15) is 18.2 Å². The van der Waals surface area contributed by atoms with E-state index in [-0.39, 0.29) is 0 Å². The van der Waals surface area contributed by atoms with Crippen molar-refractivity contribution < 1.29 is 17.6 Å². The lowest BCUT2D eigenvalue weighted by molar-refractivity contribution is -0.137. The van der Waals surface area contributed by atoms with Crippen LogP contribution in [0.5, 0.6) is 0 Å². The topological polar surface area (TPSA) is 13.1 Å². The standard InChI is InChI=1S/C11H9F3O/c1-2-9-5-7-3-4-8(11(12,13)14)6-10(7)15-9/h3-6H,2H2,1H3. The predicted octanol–water partition coefficient (Wildman–Crippen LogP) is 4.01. The van der Waals surface area contributed by atoms with Gasteiger partial charge in [-0.2, -0.15) is 13.2 Å². The van der Waals surface area contributed by atoms with Crippen molar-refractivity contribution in [2.75, 3.05) is 0 Å². The summed E-state index contributed by atoms with van der Waals surface area (Å²) in [6.45, 7) is 1.89. The van der Waals surface area contributed by atoms with Crippen LogP contribution >= 0.6 is 0 Å². The van der Waals surface area contributed by atoms with Gasteiger partial charge in [0.1, 0.15) is 11.3 Å². The lowest BCUT2D eigenvalue weighted by atomic mass is 10.1. The van der Waals surface area contributed by atoms with Crippen LogP contribution in [0.3, 0.4) is 0 Å². The van der Waals surface area contributed by atoms with Gasteiger partial charge in [0.25, 0.3) is 0 Å². The summed E-state index contributed by atoms with van der Waals surface area (Å²) < 4.78 is 42.3. The molecule has 0 unspecified atom stereocenters. The maximum Gasteiger partial charge on any atom is 0.416 e. The van der Waals surface area contributed by atoms with Crippen LogP contribution in [-0.4, -0.2) is 0 Å². The largest absolute Gasteiger partial charge is 0.461 e. The summed E-state index contributed by atoms with van der Waals surface area (Å²) in [5, 5.41) is 0.708. The third-order valence-corrected chi connectivity index (χ3v) is 2.25. The van der Waals surface area contributed by atoms with E-state index < -0.39 is 11.7 Å². The molecule has 0 bridgehead atoms. The molecule has 0 aliphatic rings. The maximum absolute atomic E-state index is 12.4. The molecule has 1 aromatic carbocycles. The lowest BCUT2D eigenvalue weighted by Gasteiger charge is -2.04. The van der Waals surface area contributed by atoms with Crippen LogP contribution in [0.25, 0.3) is 11.0 Å². The Morgan fingerprint density at radius 2 is 1.93 bits per heavy atom. The van der Waals surface area contributed by atoms with Gasteiger partial charge in [0.2, 0.25) is 0 Å². The third kappa shape index (κ3) is 1.84. The van der Waals surface area contributed by atoms with Gasteiger partial charge < -0.3 is 4.42 Å². The number of hydrogen-bond donors (Lipinski definition) is 0. The summed E-state index contributed by atoms with van der Waals surface area (Å²) in [4.78, 5) is 0. The summed E-state index contributed by atoms with van der Waals surface area (Å²) in [6, 6.07) is 5.29. The third-order valence-electron chi connectivity index (χ3n) is 2.25. The van der Waals surface area contributed by atoms with Crippen molar-refractivity contribution in [2.45, 2.75) is 19.5 Å². The minimum atomic E-state index is -4.31. The van der Waals surface area contributed by atoms with E-state index in [0.717, 1.165) is 12.1 Å². The molecule has 0 aliphatic carbocycles. The molecule has 0 fully saturated rings. The molecule has 80 valence electrons. The fraction of sp³-hybridized carbons (Fsp3) is 0.273. The number of hydrogen-bond acceptors (Lipinski definition) is 1. The molecule has 2 rings (SSSR count). The Labute approximate surface area is 84.5 Å². The minimum Gasteiger partial charge on any atom is -0.461 e. The zero-order valence-corrected chi connectivity index (χ0v) is 8.06. The SMILES string of the molecule is CCc1cc2ccc(C(F)(F)F)cc2o1. The van der Waals surface area contributed by atoms with Gasteiger partial charge in [-0.15, -0.1) is 0 Å². The monoisotopic (exact) mass is 214 g/mol. The Balaban J connectivity index is 2.55. The van der Waals surface area contributed by atoms with E-state index >= 15 is 0 Å². The van der Waals surface area contributed by atoms with Crippen LogP contribution in [-0.2, 0) is 12.6 Å². The van der Waals surface area contributed by atoms with Gasteiger partial charge in [0.15, 0.2) is 0 Å². The van der Waals surface area contributed by atoms with E-state index in [1.165, 1.54) is 6.07 Å². The maximum atomic E-state index is 12.4. The molecule has 1 heterocycles. The van der Waals surface area contributed by atoms with Crippen molar-refractivity contribution >= 4 is 11.0 Å². The molecule has 0 saturated carbocycles. The number of benzene rings is 1. The first-order valence-corrected chi connectivity index (χ1v) is 4.60. The predicted molar refractivity (Wildman–Crippen MR) is 50.6 cm³/mol. The minimum absolute atomic E-state index is 0.293. The van der Waals surface area contributed by atoms with Crippen molar-refractivity contribution in [3.8, 4) is 0 Å². The van der Waals surface area contributed by atoms with Crippen molar-refractivity contribution in [2.24, 2.45) is 0 Å². The highest BCUT2D eigenvalue weighted by Crippen LogP contribution is 2.32. The van der Waals surface area contributed by atoms with Crippen LogP contribution in [0.2, 0.25) is 0 Å². The summed E-state index contributed by atoms with van der Waals surface area (Å²) in [5.41, 5.74) is -0.381. The fourth-order valence-electron chi connectivity index (χ4n) is 1.44. The van der Waals surface area contributed by atoms with Crippen LogP contribution in [0, 0.1) is 0 Å². The highest BCUT2D eigenvalue weighted by atomic mass is 19.4. The van der Waals surface area contributed by atoms with E-state index in [0.29, 0.717) is 23.2 Å². The van der Waals surface area contributed by atoms with Crippen molar-refractivity contribution in [3.63, 3.8) is 0 Å². The Bertz CT molecular complexity index is 482. The molecule has 0 N–H and O–H groups in total. The van der Waals surface area contributed by atoms with Gasteiger partial charge >= 0.3 is 6.18 Å². The molecular weight excluding hydrogens is 205 g/mol. The highest BCUT2D eigenvalue weighted by molar-refractivity contribution is 5.78. The van der Waals surface area contributed by atoms with E-state index in [2.05, 4.69) is 0 Å². The van der Waals surface area contributed by atoms with Gasteiger partial charge in [0.05, 0.1) is 5.56 Å². The Morgan fingerprint density at radius 3 is 2.53 bits per heavy atom. The number of rotatable bonds is 1. The second kappa shape index (κ2) is 3.29. The molecule has 1 nitrogen and oxygen atoms in total. The fourth-order valence-corrected chi connectivity index (χ4v) is 1.44. The van der Waals surface area contributed by atoms with E-state index in [4.69, 9.17) is 4.42 Å². The smallest absolute Gasteiger partial charge is 0.416 e. The van der Waals surface area contributed by atoms with Crippen molar-refractivity contribution in [1.29, 1.82) is 0 Å². The molecule has 0 atom stereocenters. The molecule has 0 amide bonds. The van der Waals surface area contributed by atoms with E-state index in [1.54, 1.807) is 6.07 Å². The van der Waals surface area contributed by atoms with Gasteiger partial charge in [-0.3, -0.25) is 0 Å². The quantitative estimate of drug-likeness (QED) is 0.698. The average Bonchev–Trinajstić information content (AvgIpc) is 2.57. The van der Waals surface area contributed by atoms with E-state index in [1.807, 2.05) is 6.92 Å². The number of aryl methyl sites for hydroxylation is 1. The van der Waals surface area contributed by atoms with Crippen LogP contribution in [0.15, 0.2) is 28.7 Å². The van der Waals surface area contributed by atoms with Gasteiger partial charge in [-0.25, -0.2) is 0 Å². The highest BCUT2D eigenvalue weighted by Gasteiger charge is 2.30. The van der Waals surface area contributed by atoms with Crippen LogP contribution < -0.4 is 0 Å². The number of alkyl halides is 3. The van der Waals surface area contributed by atoms with Crippen LogP contribution in [0.4, 0.5) is 13.2 Å². The molecule has 4 heteroatoms. The second-order valence-electron chi connectivity index (χ2n) is 3.32. The Morgan fingerprint density at radius 1 is 1.20 bits per heavy atom. The van der Waals surface area contributed by atoms with Crippen molar-refractivity contribution in [1.82, 2.24) is 0 Å². The number of furan rings is 1. The zero-order chi connectivity index (χ0) is 11.1. The molecule has 15 heavy (non-hydrogen) atoms. The summed E-state index contributed by atoms with van der Waals surface area (Å²) in [7, 11) is 0. The van der Waals surface area contributed by atoms with Gasteiger partial charge in [-0.05, 0) is 18.2 Å².